The molecule has 0 spiro atoms. The van der Waals surface area contributed by atoms with Crippen molar-refractivity contribution in [3.05, 3.63) is 42.0 Å². The van der Waals surface area contributed by atoms with Gasteiger partial charge in [-0.3, -0.25) is 14.4 Å². The second-order valence-electron chi connectivity index (χ2n) is 12.0. The van der Waals surface area contributed by atoms with Crippen LogP contribution >= 0.6 is 0 Å². The van der Waals surface area contributed by atoms with Crippen LogP contribution in [0.3, 0.4) is 0 Å². The van der Waals surface area contributed by atoms with E-state index in [1.165, 1.54) is 0 Å². The first-order valence-corrected chi connectivity index (χ1v) is 14.2. The van der Waals surface area contributed by atoms with Crippen molar-refractivity contribution in [1.29, 1.82) is 0 Å². The van der Waals surface area contributed by atoms with Gasteiger partial charge in [0.15, 0.2) is 0 Å². The number of nitrogens with one attached hydrogen (secondary N) is 3. The van der Waals surface area contributed by atoms with Crippen LogP contribution in [0.5, 0.6) is 0 Å². The second-order valence-corrected chi connectivity index (χ2v) is 12.0. The maximum Gasteiger partial charge on any atom is 0.408 e. The van der Waals surface area contributed by atoms with Crippen molar-refractivity contribution >= 4 is 29.5 Å². The van der Waals surface area contributed by atoms with E-state index in [0.717, 1.165) is 31.2 Å². The lowest BCUT2D eigenvalue weighted by atomic mass is 10.0. The third-order valence-electron chi connectivity index (χ3n) is 7.64. The van der Waals surface area contributed by atoms with Crippen molar-refractivity contribution < 1.29 is 23.9 Å². The number of rotatable bonds is 3. The molecule has 1 aromatic rings. The fourth-order valence-electron chi connectivity index (χ4n) is 5.42. The van der Waals surface area contributed by atoms with Crippen molar-refractivity contribution in [3.63, 3.8) is 0 Å². The van der Waals surface area contributed by atoms with E-state index >= 15 is 0 Å². The number of carbonyl (C=O) groups is 4. The third-order valence-corrected chi connectivity index (χ3v) is 7.64. The normalized spacial score (nSPS) is 28.6. The molecule has 3 aliphatic rings. The molecule has 4 rings (SSSR count). The summed E-state index contributed by atoms with van der Waals surface area (Å²) in [5.41, 5.74) is 0.0211. The third kappa shape index (κ3) is 7.19. The first-order chi connectivity index (χ1) is 18.5. The average Bonchev–Trinajstić information content (AvgIpc) is 3.32. The van der Waals surface area contributed by atoms with E-state index in [-0.39, 0.29) is 23.6 Å². The molecule has 2 aliphatic heterocycles. The molecule has 4 amide bonds. The molecular formula is C30H42N4O5. The first-order valence-electron chi connectivity index (χ1n) is 14.2. The number of carbonyl (C=O) groups excluding carboxylic acids is 4. The van der Waals surface area contributed by atoms with Crippen LogP contribution in [0.4, 0.5) is 10.5 Å². The summed E-state index contributed by atoms with van der Waals surface area (Å²) < 4.78 is 5.41. The molecule has 0 unspecified atom stereocenters. The van der Waals surface area contributed by atoms with Gasteiger partial charge < -0.3 is 25.6 Å². The summed E-state index contributed by atoms with van der Waals surface area (Å²) in [5, 5.41) is 8.77. The monoisotopic (exact) mass is 538 g/mol. The number of aryl methyl sites for hydroxylation is 1. The number of anilines is 1. The lowest BCUT2D eigenvalue weighted by Crippen LogP contribution is -2.57. The Morgan fingerprint density at radius 1 is 1.05 bits per heavy atom. The van der Waals surface area contributed by atoms with Crippen LogP contribution in [0.2, 0.25) is 0 Å². The largest absolute Gasteiger partial charge is 0.444 e. The number of alkyl carbamates (subject to hydrolysis) is 1. The lowest BCUT2D eigenvalue weighted by molar-refractivity contribution is -0.141. The van der Waals surface area contributed by atoms with Gasteiger partial charge in [0.25, 0.3) is 5.91 Å². The molecule has 0 bridgehead atoms. The molecule has 0 aromatic heterocycles. The van der Waals surface area contributed by atoms with Crippen LogP contribution in [0.25, 0.3) is 0 Å². The van der Waals surface area contributed by atoms with Gasteiger partial charge in [-0.1, -0.05) is 42.7 Å². The lowest BCUT2D eigenvalue weighted by Gasteiger charge is -2.30. The number of nitrogens with zero attached hydrogens (tertiary/aromatic N) is 1. The smallest absolute Gasteiger partial charge is 0.408 e. The van der Waals surface area contributed by atoms with Crippen LogP contribution in [0.1, 0.15) is 77.7 Å². The zero-order valence-electron chi connectivity index (χ0n) is 23.5. The molecule has 2 heterocycles. The summed E-state index contributed by atoms with van der Waals surface area (Å²) in [6.07, 6.45) is 9.07. The van der Waals surface area contributed by atoms with Gasteiger partial charge in [0.1, 0.15) is 23.2 Å². The summed E-state index contributed by atoms with van der Waals surface area (Å²) in [4.78, 5) is 54.9. The Bertz CT molecular complexity index is 1110. The van der Waals surface area contributed by atoms with Crippen LogP contribution < -0.4 is 16.0 Å². The molecule has 39 heavy (non-hydrogen) atoms. The van der Waals surface area contributed by atoms with Crippen LogP contribution in [-0.2, 0) is 19.1 Å². The number of ether oxygens (including phenoxy) is 1. The van der Waals surface area contributed by atoms with Gasteiger partial charge in [-0.05, 0) is 78.4 Å². The molecular weight excluding hydrogens is 496 g/mol. The van der Waals surface area contributed by atoms with Crippen LogP contribution in [0, 0.1) is 12.8 Å². The van der Waals surface area contributed by atoms with Gasteiger partial charge in [-0.15, -0.1) is 0 Å². The maximum atomic E-state index is 13.7. The Kier molecular flexibility index (Phi) is 8.67. The van der Waals surface area contributed by atoms with E-state index in [1.807, 2.05) is 37.3 Å². The topological polar surface area (TPSA) is 117 Å². The molecule has 1 aromatic carbocycles. The van der Waals surface area contributed by atoms with E-state index in [0.29, 0.717) is 37.9 Å². The molecule has 212 valence electrons. The SMILES string of the molecule is Cc1ccc(NC(=O)[C@@]23C[C@H]2/C=C\CCCCC[C@H](NC(=O)OC(C)(C)C)C(=O)N2CCC[C@H]2C(=O)N3)cc1. The molecule has 9 nitrogen and oxygen atoms in total. The van der Waals surface area contributed by atoms with Crippen molar-refractivity contribution in [3.8, 4) is 0 Å². The van der Waals surface area contributed by atoms with Gasteiger partial charge in [0, 0.05) is 18.2 Å². The molecule has 1 saturated carbocycles. The summed E-state index contributed by atoms with van der Waals surface area (Å²) in [7, 11) is 0. The minimum atomic E-state index is -1.05. The molecule has 4 atom stereocenters. The van der Waals surface area contributed by atoms with Crippen molar-refractivity contribution in [2.45, 2.75) is 102 Å². The molecule has 3 N–H and O–H groups in total. The van der Waals surface area contributed by atoms with E-state index in [4.69, 9.17) is 4.74 Å². The Morgan fingerprint density at radius 3 is 2.51 bits per heavy atom. The number of allylic oxidation sites excluding steroid dienone is 1. The first kappa shape index (κ1) is 28.6. The van der Waals surface area contributed by atoms with E-state index in [1.54, 1.807) is 25.7 Å². The zero-order valence-corrected chi connectivity index (χ0v) is 23.5. The minimum absolute atomic E-state index is 0.107. The Labute approximate surface area is 231 Å². The fraction of sp³-hybridized carbons (Fsp3) is 0.600. The second kappa shape index (κ2) is 11.8. The maximum absolute atomic E-state index is 13.7. The number of amides is 4. The predicted octanol–water partition coefficient (Wildman–Crippen LogP) is 4.21. The Balaban J connectivity index is 1.54. The van der Waals surface area contributed by atoms with Gasteiger partial charge in [0.05, 0.1) is 0 Å². The number of fused-ring (bicyclic) bond motifs is 2. The van der Waals surface area contributed by atoms with Gasteiger partial charge in [0.2, 0.25) is 11.8 Å². The quantitative estimate of drug-likeness (QED) is 0.499. The van der Waals surface area contributed by atoms with Crippen molar-refractivity contribution in [2.24, 2.45) is 5.92 Å². The molecule has 2 fully saturated rings. The predicted molar refractivity (Wildman–Crippen MR) is 149 cm³/mol. The van der Waals surface area contributed by atoms with Gasteiger partial charge in [-0.2, -0.15) is 0 Å². The summed E-state index contributed by atoms with van der Waals surface area (Å²) >= 11 is 0. The summed E-state index contributed by atoms with van der Waals surface area (Å²) in [5.74, 6) is -0.970. The molecule has 1 saturated heterocycles. The van der Waals surface area contributed by atoms with Gasteiger partial charge in [-0.25, -0.2) is 4.79 Å². The van der Waals surface area contributed by atoms with Crippen molar-refractivity contribution in [2.75, 3.05) is 11.9 Å². The zero-order chi connectivity index (χ0) is 28.2. The minimum Gasteiger partial charge on any atom is -0.444 e. The summed E-state index contributed by atoms with van der Waals surface area (Å²) in [6.45, 7) is 7.73. The number of hydrogen-bond donors (Lipinski definition) is 3. The highest BCUT2D eigenvalue weighted by Gasteiger charge is 2.60. The highest BCUT2D eigenvalue weighted by molar-refractivity contribution is 6.04. The van der Waals surface area contributed by atoms with Gasteiger partial charge >= 0.3 is 6.09 Å². The Morgan fingerprint density at radius 2 is 1.79 bits per heavy atom. The fourth-order valence-corrected chi connectivity index (χ4v) is 5.42. The number of hydrogen-bond acceptors (Lipinski definition) is 5. The molecule has 0 radical (unpaired) electrons. The van der Waals surface area contributed by atoms with E-state index in [2.05, 4.69) is 22.0 Å². The van der Waals surface area contributed by atoms with Crippen LogP contribution in [0.15, 0.2) is 36.4 Å². The Hall–Kier alpha value is -3.36. The van der Waals surface area contributed by atoms with E-state index < -0.39 is 29.3 Å². The highest BCUT2D eigenvalue weighted by atomic mass is 16.6. The van der Waals surface area contributed by atoms with E-state index in [9.17, 15) is 19.2 Å². The molecule has 1 aliphatic carbocycles. The average molecular weight is 539 g/mol. The van der Waals surface area contributed by atoms with Crippen molar-refractivity contribution in [1.82, 2.24) is 15.5 Å². The summed E-state index contributed by atoms with van der Waals surface area (Å²) in [6, 6.07) is 6.08. The number of benzene rings is 1. The van der Waals surface area contributed by atoms with Crippen LogP contribution in [-0.4, -0.2) is 58.5 Å². The highest BCUT2D eigenvalue weighted by Crippen LogP contribution is 2.46. The molecule has 9 heteroatoms. The standard InChI is InChI=1S/C30H42N4O5/c1-20-14-16-22(17-15-20)31-27(37)30-19-21(30)11-8-6-5-7-9-12-23(32-28(38)39-29(2,3)4)26(36)34-18-10-13-24(34)25(35)33-30/h8,11,14-17,21,23-24H,5-7,9-10,12-13,18-19H2,1-4H3,(H,31,37)(H,32,38)(H,33,35)/b11-8-/t21-,23+,24+,30-/m1/s1.